The van der Waals surface area contributed by atoms with E-state index in [0.717, 1.165) is 32.4 Å². The van der Waals surface area contributed by atoms with E-state index in [0.29, 0.717) is 11.3 Å². The van der Waals surface area contributed by atoms with Gasteiger partial charge in [0.2, 0.25) is 5.91 Å². The van der Waals surface area contributed by atoms with Crippen LogP contribution in [-0.2, 0) is 14.3 Å². The average Bonchev–Trinajstić information content (AvgIpc) is 3.22. The zero-order chi connectivity index (χ0) is 20.1. The number of amides is 2. The van der Waals surface area contributed by atoms with E-state index in [1.165, 1.54) is 12.8 Å². The van der Waals surface area contributed by atoms with Crippen LogP contribution in [0, 0.1) is 23.7 Å². The van der Waals surface area contributed by atoms with Gasteiger partial charge in [-0.05, 0) is 49.4 Å². The molecular weight excluding hydrogens is 436 g/mol. The molecule has 4 aliphatic rings. The molecule has 0 radical (unpaired) electrons. The van der Waals surface area contributed by atoms with E-state index < -0.39 is 0 Å². The summed E-state index contributed by atoms with van der Waals surface area (Å²) in [5, 5.41) is 2.96. The predicted molar refractivity (Wildman–Crippen MR) is 111 cm³/mol. The molecule has 1 aromatic carbocycles. The molecule has 2 aliphatic heterocycles. The van der Waals surface area contributed by atoms with Gasteiger partial charge < -0.3 is 15.0 Å². The molecule has 0 unspecified atom stereocenters. The molecule has 2 amide bonds. The highest BCUT2D eigenvalue weighted by Gasteiger charge is 2.67. The van der Waals surface area contributed by atoms with E-state index >= 15 is 0 Å². The highest BCUT2D eigenvalue weighted by atomic mass is 79.9. The van der Waals surface area contributed by atoms with Crippen molar-refractivity contribution in [3.05, 3.63) is 29.8 Å². The number of nitrogens with one attached hydrogen (secondary N) is 1. The summed E-state index contributed by atoms with van der Waals surface area (Å²) in [5.74, 6) is -0.693. The number of ether oxygens (including phenoxy) is 1. The molecule has 2 heterocycles. The number of fused-ring (bicyclic) bond motifs is 1. The van der Waals surface area contributed by atoms with Crippen molar-refractivity contribution in [3.8, 4) is 0 Å². The Hall–Kier alpha value is -1.89. The smallest absolute Gasteiger partial charge is 0.310 e. The summed E-state index contributed by atoms with van der Waals surface area (Å²) in [5.41, 5.74) is 1.30. The SMILES string of the molecule is O=C(Nc1ccc(C(=O)N2CCCCCC2)cc1)[C@@H]1[C@H]2C[C@H]3[C@H](OC(=O)[C@@H]31)[C@H]2Br. The van der Waals surface area contributed by atoms with Crippen molar-refractivity contribution in [2.75, 3.05) is 18.4 Å². The molecular formula is C22H25BrN2O4. The molecule has 6 atom stereocenters. The fraction of sp³-hybridized carbons (Fsp3) is 0.591. The second kappa shape index (κ2) is 7.42. The molecule has 2 bridgehead atoms. The third-order valence-electron chi connectivity index (χ3n) is 7.12. The van der Waals surface area contributed by atoms with Crippen molar-refractivity contribution in [2.45, 2.75) is 43.0 Å². The number of anilines is 1. The first-order valence-corrected chi connectivity index (χ1v) is 11.5. The monoisotopic (exact) mass is 460 g/mol. The second-order valence-corrected chi connectivity index (χ2v) is 9.79. The maximum atomic E-state index is 13.0. The van der Waals surface area contributed by atoms with Gasteiger partial charge in [0.05, 0.1) is 16.7 Å². The maximum absolute atomic E-state index is 13.0. The number of hydrogen-bond donors (Lipinski definition) is 1. The molecule has 2 saturated heterocycles. The number of benzene rings is 1. The van der Waals surface area contributed by atoms with Crippen molar-refractivity contribution < 1.29 is 19.1 Å². The van der Waals surface area contributed by atoms with Gasteiger partial charge in [-0.1, -0.05) is 28.8 Å². The van der Waals surface area contributed by atoms with Crippen LogP contribution < -0.4 is 5.32 Å². The first-order valence-electron chi connectivity index (χ1n) is 10.6. The van der Waals surface area contributed by atoms with E-state index in [9.17, 15) is 14.4 Å². The van der Waals surface area contributed by atoms with Crippen LogP contribution in [0.2, 0.25) is 0 Å². The Morgan fingerprint density at radius 1 is 1.03 bits per heavy atom. The fourth-order valence-corrected chi connectivity index (χ4v) is 6.75. The lowest BCUT2D eigenvalue weighted by atomic mass is 9.79. The normalized spacial score (nSPS) is 35.3. The summed E-state index contributed by atoms with van der Waals surface area (Å²) in [4.78, 5) is 39.9. The Morgan fingerprint density at radius 2 is 1.72 bits per heavy atom. The van der Waals surface area contributed by atoms with Crippen LogP contribution in [0.5, 0.6) is 0 Å². The molecule has 154 valence electrons. The highest BCUT2D eigenvalue weighted by molar-refractivity contribution is 9.09. The minimum Gasteiger partial charge on any atom is -0.461 e. The Bertz CT molecular complexity index is 834. The number of nitrogens with zero attached hydrogens (tertiary/aromatic N) is 1. The third kappa shape index (κ3) is 3.18. The largest absolute Gasteiger partial charge is 0.461 e. The number of hydrogen-bond acceptors (Lipinski definition) is 4. The van der Waals surface area contributed by atoms with Gasteiger partial charge in [-0.3, -0.25) is 14.4 Å². The van der Waals surface area contributed by atoms with Crippen LogP contribution in [0.25, 0.3) is 0 Å². The van der Waals surface area contributed by atoms with Gasteiger partial charge in [-0.2, -0.15) is 0 Å². The Balaban J connectivity index is 1.26. The summed E-state index contributed by atoms with van der Waals surface area (Å²) >= 11 is 3.64. The molecule has 0 aromatic heterocycles. The number of rotatable bonds is 3. The summed E-state index contributed by atoms with van der Waals surface area (Å²) in [6.45, 7) is 1.63. The number of carbonyl (C=O) groups is 3. The van der Waals surface area contributed by atoms with E-state index in [4.69, 9.17) is 4.74 Å². The summed E-state index contributed by atoms with van der Waals surface area (Å²) in [6.07, 6.45) is 5.26. The standard InChI is InChI=1S/C22H25BrN2O4/c23-18-14-11-15-17(22(28)29-19(15)18)16(14)20(26)24-13-7-5-12(6-8-13)21(27)25-9-3-1-2-4-10-25/h5-8,14-19H,1-4,9-11H2,(H,24,26)/t14-,15-,16-,17+,18+,19+/m1/s1. The van der Waals surface area contributed by atoms with Crippen molar-refractivity contribution in [3.63, 3.8) is 0 Å². The molecule has 4 fully saturated rings. The van der Waals surface area contributed by atoms with Crippen molar-refractivity contribution in [2.24, 2.45) is 23.7 Å². The van der Waals surface area contributed by atoms with Crippen LogP contribution in [-0.4, -0.2) is 46.7 Å². The van der Waals surface area contributed by atoms with Crippen molar-refractivity contribution in [1.82, 2.24) is 4.90 Å². The van der Waals surface area contributed by atoms with Gasteiger partial charge in [0.25, 0.3) is 5.91 Å². The van der Waals surface area contributed by atoms with Crippen molar-refractivity contribution in [1.29, 1.82) is 0 Å². The molecule has 5 rings (SSSR count). The minimum absolute atomic E-state index is 0.0552. The minimum atomic E-state index is -0.353. The highest BCUT2D eigenvalue weighted by Crippen LogP contribution is 2.60. The topological polar surface area (TPSA) is 75.7 Å². The molecule has 1 aromatic rings. The van der Waals surface area contributed by atoms with Crippen LogP contribution in [0.15, 0.2) is 24.3 Å². The number of carbonyl (C=O) groups excluding carboxylic acids is 3. The van der Waals surface area contributed by atoms with Gasteiger partial charge in [0.1, 0.15) is 6.10 Å². The van der Waals surface area contributed by atoms with Gasteiger partial charge in [0, 0.05) is 30.3 Å². The molecule has 2 aliphatic carbocycles. The molecule has 6 nitrogen and oxygen atoms in total. The lowest BCUT2D eigenvalue weighted by Crippen LogP contribution is -2.40. The first kappa shape index (κ1) is 19.1. The lowest BCUT2D eigenvalue weighted by Gasteiger charge is -2.27. The maximum Gasteiger partial charge on any atom is 0.310 e. The number of alkyl halides is 1. The average molecular weight is 461 g/mol. The number of halogens is 1. The van der Waals surface area contributed by atoms with Gasteiger partial charge in [-0.15, -0.1) is 0 Å². The van der Waals surface area contributed by atoms with E-state index in [2.05, 4.69) is 21.2 Å². The van der Waals surface area contributed by atoms with Crippen LogP contribution in [0.1, 0.15) is 42.5 Å². The quantitative estimate of drug-likeness (QED) is 0.554. The lowest BCUT2D eigenvalue weighted by molar-refractivity contribution is -0.145. The van der Waals surface area contributed by atoms with Gasteiger partial charge in [-0.25, -0.2) is 0 Å². The number of likely N-dealkylation sites (tertiary alicyclic amines) is 1. The van der Waals surface area contributed by atoms with Gasteiger partial charge in [0.15, 0.2) is 0 Å². The first-order chi connectivity index (χ1) is 14.0. The summed E-state index contributed by atoms with van der Waals surface area (Å²) in [7, 11) is 0. The zero-order valence-electron chi connectivity index (χ0n) is 16.2. The molecule has 29 heavy (non-hydrogen) atoms. The van der Waals surface area contributed by atoms with E-state index in [1.807, 2.05) is 4.90 Å². The molecule has 1 N–H and O–H groups in total. The number of esters is 1. The fourth-order valence-electron chi connectivity index (χ4n) is 5.71. The van der Waals surface area contributed by atoms with Crippen LogP contribution >= 0.6 is 15.9 Å². The summed E-state index contributed by atoms with van der Waals surface area (Å²) < 4.78 is 5.48. The Kier molecular flexibility index (Phi) is 4.88. The van der Waals surface area contributed by atoms with E-state index in [-0.39, 0.29) is 52.4 Å². The molecule has 7 heteroatoms. The Labute approximate surface area is 178 Å². The predicted octanol–water partition coefficient (Wildman–Crippen LogP) is 3.21. The zero-order valence-corrected chi connectivity index (χ0v) is 17.8. The van der Waals surface area contributed by atoms with Crippen LogP contribution in [0.3, 0.4) is 0 Å². The van der Waals surface area contributed by atoms with Crippen molar-refractivity contribution >= 4 is 39.4 Å². The summed E-state index contributed by atoms with van der Waals surface area (Å²) in [6, 6.07) is 7.10. The molecule has 2 saturated carbocycles. The van der Waals surface area contributed by atoms with Crippen LogP contribution in [0.4, 0.5) is 5.69 Å². The third-order valence-corrected chi connectivity index (χ3v) is 8.32. The Morgan fingerprint density at radius 3 is 2.41 bits per heavy atom. The van der Waals surface area contributed by atoms with E-state index in [1.54, 1.807) is 24.3 Å². The molecule has 0 spiro atoms. The van der Waals surface area contributed by atoms with Gasteiger partial charge >= 0.3 is 5.97 Å². The second-order valence-electron chi connectivity index (χ2n) is 8.73.